The van der Waals surface area contributed by atoms with E-state index in [4.69, 9.17) is 5.26 Å². The fourth-order valence-electron chi connectivity index (χ4n) is 1.37. The molecule has 0 bridgehead atoms. The normalized spacial score (nSPS) is 9.89. The van der Waals surface area contributed by atoms with Crippen molar-refractivity contribution in [2.75, 3.05) is 19.3 Å². The second-order valence-corrected chi connectivity index (χ2v) is 5.85. The van der Waals surface area contributed by atoms with Gasteiger partial charge in [0.25, 0.3) is 0 Å². The third-order valence-corrected chi connectivity index (χ3v) is 4.13. The van der Waals surface area contributed by atoms with Crippen LogP contribution in [0.15, 0.2) is 27.6 Å². The molecule has 0 N–H and O–H groups in total. The Morgan fingerprint density at radius 2 is 2.28 bits per heavy atom. The molecule has 0 unspecified atom stereocenters. The first-order valence-corrected chi connectivity index (χ1v) is 7.32. The standard InChI is InChI=1S/C13H15BrN2OS/c1-10-8-11(14)4-5-12(10)18-9-13(17)16(2)7-3-6-15/h4-5,8H,3,7,9H2,1-2H3. The Bertz CT molecular complexity index is 471. The lowest BCUT2D eigenvalue weighted by Gasteiger charge is -2.15. The minimum Gasteiger partial charge on any atom is -0.344 e. The van der Waals surface area contributed by atoms with E-state index in [-0.39, 0.29) is 5.91 Å². The Hall–Kier alpha value is -0.990. The van der Waals surface area contributed by atoms with Crippen LogP contribution < -0.4 is 0 Å². The van der Waals surface area contributed by atoms with E-state index in [1.165, 1.54) is 11.8 Å². The Kier molecular flexibility index (Phi) is 6.23. The van der Waals surface area contributed by atoms with Crippen molar-refractivity contribution in [2.24, 2.45) is 0 Å². The number of carbonyl (C=O) groups excluding carboxylic acids is 1. The van der Waals surface area contributed by atoms with Gasteiger partial charge in [0.1, 0.15) is 0 Å². The highest BCUT2D eigenvalue weighted by molar-refractivity contribution is 9.10. The van der Waals surface area contributed by atoms with Gasteiger partial charge in [-0.3, -0.25) is 4.79 Å². The van der Waals surface area contributed by atoms with Crippen LogP contribution in [0.2, 0.25) is 0 Å². The van der Waals surface area contributed by atoms with E-state index in [1.807, 2.05) is 31.2 Å². The van der Waals surface area contributed by atoms with Gasteiger partial charge in [0.15, 0.2) is 0 Å². The molecule has 0 saturated heterocycles. The predicted octanol–water partition coefficient (Wildman–Crippen LogP) is 3.22. The van der Waals surface area contributed by atoms with Crippen LogP contribution in [0, 0.1) is 18.3 Å². The van der Waals surface area contributed by atoms with Crippen LogP contribution in [0.4, 0.5) is 0 Å². The Morgan fingerprint density at radius 1 is 1.56 bits per heavy atom. The van der Waals surface area contributed by atoms with E-state index in [1.54, 1.807) is 11.9 Å². The summed E-state index contributed by atoms with van der Waals surface area (Å²) in [5, 5.41) is 8.47. The largest absolute Gasteiger partial charge is 0.344 e. The molecule has 5 heteroatoms. The first-order valence-electron chi connectivity index (χ1n) is 5.54. The lowest BCUT2D eigenvalue weighted by Crippen LogP contribution is -2.29. The number of hydrogen-bond donors (Lipinski definition) is 0. The lowest BCUT2D eigenvalue weighted by atomic mass is 10.2. The van der Waals surface area contributed by atoms with Crippen molar-refractivity contribution >= 4 is 33.6 Å². The summed E-state index contributed by atoms with van der Waals surface area (Å²) < 4.78 is 1.04. The maximum atomic E-state index is 11.8. The number of nitriles is 1. The monoisotopic (exact) mass is 326 g/mol. The molecule has 0 fully saturated rings. The SMILES string of the molecule is Cc1cc(Br)ccc1SCC(=O)N(C)CCC#N. The number of halogens is 1. The lowest BCUT2D eigenvalue weighted by molar-refractivity contribution is -0.127. The smallest absolute Gasteiger partial charge is 0.232 e. The minimum atomic E-state index is 0.0533. The molecule has 0 aliphatic heterocycles. The predicted molar refractivity (Wildman–Crippen MR) is 77.5 cm³/mol. The van der Waals surface area contributed by atoms with Crippen LogP contribution in [-0.4, -0.2) is 30.2 Å². The van der Waals surface area contributed by atoms with Crippen LogP contribution in [0.25, 0.3) is 0 Å². The molecule has 1 amide bonds. The van der Waals surface area contributed by atoms with E-state index < -0.39 is 0 Å². The van der Waals surface area contributed by atoms with E-state index in [2.05, 4.69) is 15.9 Å². The Labute approximate surface area is 120 Å². The number of carbonyl (C=O) groups is 1. The maximum Gasteiger partial charge on any atom is 0.232 e. The summed E-state index contributed by atoms with van der Waals surface area (Å²) in [7, 11) is 1.73. The molecule has 0 aliphatic rings. The summed E-state index contributed by atoms with van der Waals surface area (Å²) >= 11 is 4.94. The number of amides is 1. The van der Waals surface area contributed by atoms with Crippen molar-refractivity contribution < 1.29 is 4.79 Å². The van der Waals surface area contributed by atoms with E-state index in [9.17, 15) is 4.79 Å². The number of benzene rings is 1. The van der Waals surface area contributed by atoms with Crippen LogP contribution in [-0.2, 0) is 4.79 Å². The van der Waals surface area contributed by atoms with Gasteiger partial charge in [-0.25, -0.2) is 0 Å². The zero-order valence-electron chi connectivity index (χ0n) is 10.4. The van der Waals surface area contributed by atoms with Gasteiger partial charge in [-0.2, -0.15) is 5.26 Å². The fourth-order valence-corrected chi connectivity index (χ4v) is 2.79. The molecule has 18 heavy (non-hydrogen) atoms. The van der Waals surface area contributed by atoms with Crippen molar-refractivity contribution in [3.8, 4) is 6.07 Å². The molecule has 0 spiro atoms. The average Bonchev–Trinajstić information content (AvgIpc) is 2.34. The molecule has 1 aromatic rings. The molecule has 0 atom stereocenters. The van der Waals surface area contributed by atoms with Gasteiger partial charge in [-0.1, -0.05) is 15.9 Å². The molecule has 0 heterocycles. The second kappa shape index (κ2) is 7.45. The first kappa shape index (κ1) is 15.1. The van der Waals surface area contributed by atoms with Crippen molar-refractivity contribution in [1.82, 2.24) is 4.90 Å². The van der Waals surface area contributed by atoms with Crippen LogP contribution in [0.5, 0.6) is 0 Å². The molecule has 0 aromatic heterocycles. The Morgan fingerprint density at radius 3 is 2.89 bits per heavy atom. The van der Waals surface area contributed by atoms with Crippen LogP contribution >= 0.6 is 27.7 Å². The zero-order valence-corrected chi connectivity index (χ0v) is 12.8. The van der Waals surface area contributed by atoms with E-state index in [0.29, 0.717) is 18.7 Å². The molecular weight excluding hydrogens is 312 g/mol. The average molecular weight is 327 g/mol. The number of nitrogens with zero attached hydrogens (tertiary/aromatic N) is 2. The molecule has 0 radical (unpaired) electrons. The van der Waals surface area contributed by atoms with Crippen LogP contribution in [0.3, 0.4) is 0 Å². The fraction of sp³-hybridized carbons (Fsp3) is 0.385. The summed E-state index contributed by atoms with van der Waals surface area (Å²) in [5.41, 5.74) is 1.15. The molecule has 0 aliphatic carbocycles. The van der Waals surface area contributed by atoms with Gasteiger partial charge < -0.3 is 4.90 Å². The van der Waals surface area contributed by atoms with E-state index >= 15 is 0 Å². The minimum absolute atomic E-state index is 0.0533. The highest BCUT2D eigenvalue weighted by Gasteiger charge is 2.09. The third-order valence-electron chi connectivity index (χ3n) is 2.47. The number of aryl methyl sites for hydroxylation is 1. The van der Waals surface area contributed by atoms with Gasteiger partial charge in [-0.05, 0) is 30.7 Å². The van der Waals surface area contributed by atoms with Gasteiger partial charge in [0.2, 0.25) is 5.91 Å². The topological polar surface area (TPSA) is 44.1 Å². The quantitative estimate of drug-likeness (QED) is 0.780. The number of rotatable bonds is 5. The summed E-state index contributed by atoms with van der Waals surface area (Å²) in [6.07, 6.45) is 0.379. The summed E-state index contributed by atoms with van der Waals surface area (Å²) in [4.78, 5) is 14.5. The van der Waals surface area contributed by atoms with Gasteiger partial charge >= 0.3 is 0 Å². The third kappa shape index (κ3) is 4.71. The van der Waals surface area contributed by atoms with Gasteiger partial charge in [-0.15, -0.1) is 11.8 Å². The Balaban J connectivity index is 2.50. The van der Waals surface area contributed by atoms with Gasteiger partial charge in [0.05, 0.1) is 18.2 Å². The van der Waals surface area contributed by atoms with Crippen molar-refractivity contribution in [1.29, 1.82) is 5.26 Å². The van der Waals surface area contributed by atoms with E-state index in [0.717, 1.165) is 14.9 Å². The summed E-state index contributed by atoms with van der Waals surface area (Å²) in [5.74, 6) is 0.460. The number of hydrogen-bond acceptors (Lipinski definition) is 3. The molecule has 1 aromatic carbocycles. The summed E-state index contributed by atoms with van der Waals surface area (Å²) in [6.45, 7) is 2.52. The molecular formula is C13H15BrN2OS. The van der Waals surface area contributed by atoms with Crippen molar-refractivity contribution in [2.45, 2.75) is 18.2 Å². The molecule has 0 saturated carbocycles. The van der Waals surface area contributed by atoms with Gasteiger partial charge in [0, 0.05) is 23.0 Å². The zero-order chi connectivity index (χ0) is 13.5. The molecule has 1 rings (SSSR count). The molecule has 96 valence electrons. The highest BCUT2D eigenvalue weighted by Crippen LogP contribution is 2.25. The molecule has 3 nitrogen and oxygen atoms in total. The highest BCUT2D eigenvalue weighted by atomic mass is 79.9. The van der Waals surface area contributed by atoms with Crippen molar-refractivity contribution in [3.05, 3.63) is 28.2 Å². The van der Waals surface area contributed by atoms with Crippen LogP contribution in [0.1, 0.15) is 12.0 Å². The number of thioether (sulfide) groups is 1. The van der Waals surface area contributed by atoms with Crippen molar-refractivity contribution in [3.63, 3.8) is 0 Å². The second-order valence-electron chi connectivity index (χ2n) is 3.92. The first-order chi connectivity index (χ1) is 8.54. The maximum absolute atomic E-state index is 11.8. The summed E-state index contributed by atoms with van der Waals surface area (Å²) in [6, 6.07) is 8.05.